The molecule has 11 heavy (non-hydrogen) atoms. The average molecular weight is 244 g/mol. The maximum absolute atomic E-state index is 10.8. The van der Waals surface area contributed by atoms with Crippen LogP contribution in [0.3, 0.4) is 0 Å². The molecule has 0 aromatic heterocycles. The Morgan fingerprint density at radius 2 is 2.00 bits per heavy atom. The third kappa shape index (κ3) is 5.64. The van der Waals surface area contributed by atoms with Gasteiger partial charge in [0.2, 0.25) is 10.0 Å². The maximum atomic E-state index is 10.8. The minimum absolute atomic E-state index is 0.00926. The lowest BCUT2D eigenvalue weighted by molar-refractivity contribution is 0.543. The van der Waals surface area contributed by atoms with Gasteiger partial charge in [0.05, 0.1) is 6.26 Å². The van der Waals surface area contributed by atoms with Crippen molar-refractivity contribution in [2.75, 3.05) is 6.26 Å². The molecule has 0 aliphatic carbocycles. The first kappa shape index (κ1) is 11.4. The summed E-state index contributed by atoms with van der Waals surface area (Å²) in [4.78, 5) is 0.169. The van der Waals surface area contributed by atoms with E-state index in [4.69, 9.17) is 0 Å². The summed E-state index contributed by atoms with van der Waals surface area (Å²) in [6.07, 6.45) is 1.96. The van der Waals surface area contributed by atoms with E-state index >= 15 is 0 Å². The Kier molecular flexibility index (Phi) is 4.58. The van der Waals surface area contributed by atoms with Crippen LogP contribution in [0.15, 0.2) is 0 Å². The first-order valence-corrected chi connectivity index (χ1v) is 6.29. The number of rotatable bonds is 4. The Morgan fingerprint density at radius 3 is 2.09 bits per heavy atom. The van der Waals surface area contributed by atoms with E-state index in [1.165, 1.54) is 6.26 Å². The minimum Gasteiger partial charge on any atom is -0.213 e. The predicted octanol–water partition coefficient (Wildman–Crippen LogP) is 1.10. The summed E-state index contributed by atoms with van der Waals surface area (Å²) in [5.74, 6) is 0. The molecule has 0 heterocycles. The molecular formula is C6H14BrNO2S. The van der Waals surface area contributed by atoms with Gasteiger partial charge in [0.15, 0.2) is 0 Å². The lowest BCUT2D eigenvalue weighted by Crippen LogP contribution is -2.38. The largest absolute Gasteiger partial charge is 0.213 e. The fourth-order valence-corrected chi connectivity index (χ4v) is 2.38. The molecule has 0 saturated carbocycles. The zero-order valence-corrected chi connectivity index (χ0v) is 9.37. The topological polar surface area (TPSA) is 46.2 Å². The van der Waals surface area contributed by atoms with E-state index in [0.29, 0.717) is 0 Å². The van der Waals surface area contributed by atoms with Gasteiger partial charge in [-0.15, -0.1) is 0 Å². The van der Waals surface area contributed by atoms with E-state index in [1.54, 1.807) is 0 Å². The molecule has 1 N–H and O–H groups in total. The van der Waals surface area contributed by atoms with Crippen molar-refractivity contribution in [3.63, 3.8) is 0 Å². The van der Waals surface area contributed by atoms with Crippen LogP contribution in [-0.2, 0) is 10.0 Å². The highest BCUT2D eigenvalue weighted by atomic mass is 79.9. The standard InChI is InChI=1S/C6H14BrNO2S/c1-4-6(5(2)7)8-11(3,9)10/h5-6,8H,4H2,1-3H3. The Bertz CT molecular complexity index is 201. The van der Waals surface area contributed by atoms with Crippen LogP contribution in [0.1, 0.15) is 20.3 Å². The fraction of sp³-hybridized carbons (Fsp3) is 1.00. The second-order valence-electron chi connectivity index (χ2n) is 2.58. The van der Waals surface area contributed by atoms with Crippen LogP contribution in [-0.4, -0.2) is 25.5 Å². The molecule has 0 saturated heterocycles. The van der Waals surface area contributed by atoms with Crippen molar-refractivity contribution in [1.82, 2.24) is 4.72 Å². The van der Waals surface area contributed by atoms with E-state index in [2.05, 4.69) is 20.7 Å². The number of halogens is 1. The van der Waals surface area contributed by atoms with Gasteiger partial charge in [-0.25, -0.2) is 13.1 Å². The van der Waals surface area contributed by atoms with Gasteiger partial charge in [-0.1, -0.05) is 29.8 Å². The Hall–Kier alpha value is 0.390. The molecule has 0 bridgehead atoms. The van der Waals surface area contributed by atoms with Crippen molar-refractivity contribution in [2.24, 2.45) is 0 Å². The molecule has 0 aliphatic heterocycles. The molecule has 5 heteroatoms. The number of nitrogens with one attached hydrogen (secondary N) is 1. The van der Waals surface area contributed by atoms with Gasteiger partial charge >= 0.3 is 0 Å². The predicted molar refractivity (Wildman–Crippen MR) is 50.4 cm³/mol. The van der Waals surface area contributed by atoms with Gasteiger partial charge in [-0.2, -0.15) is 0 Å². The van der Waals surface area contributed by atoms with Gasteiger partial charge in [-0.3, -0.25) is 0 Å². The molecule has 0 fully saturated rings. The molecule has 68 valence electrons. The summed E-state index contributed by atoms with van der Waals surface area (Å²) >= 11 is 3.33. The lowest BCUT2D eigenvalue weighted by Gasteiger charge is -2.17. The quantitative estimate of drug-likeness (QED) is 0.752. The van der Waals surface area contributed by atoms with Gasteiger partial charge in [0.25, 0.3) is 0 Å². The van der Waals surface area contributed by atoms with Gasteiger partial charge in [-0.05, 0) is 6.42 Å². The summed E-state index contributed by atoms with van der Waals surface area (Å²) in [5.41, 5.74) is 0. The van der Waals surface area contributed by atoms with Crippen molar-refractivity contribution in [3.8, 4) is 0 Å². The Labute approximate surface area is 76.7 Å². The summed E-state index contributed by atoms with van der Waals surface area (Å²) < 4.78 is 24.1. The van der Waals surface area contributed by atoms with Crippen molar-refractivity contribution < 1.29 is 8.42 Å². The second-order valence-corrected chi connectivity index (χ2v) is 5.81. The van der Waals surface area contributed by atoms with Crippen LogP contribution >= 0.6 is 15.9 Å². The molecule has 0 aromatic carbocycles. The van der Waals surface area contributed by atoms with Crippen molar-refractivity contribution in [3.05, 3.63) is 0 Å². The molecule has 0 radical (unpaired) electrons. The zero-order valence-electron chi connectivity index (χ0n) is 6.96. The van der Waals surface area contributed by atoms with E-state index in [1.807, 2.05) is 13.8 Å². The van der Waals surface area contributed by atoms with Crippen LogP contribution < -0.4 is 4.72 Å². The molecule has 0 aromatic rings. The SMILES string of the molecule is CCC(NS(C)(=O)=O)C(C)Br. The van der Waals surface area contributed by atoms with Crippen LogP contribution in [0, 0.1) is 0 Å². The second kappa shape index (κ2) is 4.42. The van der Waals surface area contributed by atoms with Gasteiger partial charge in [0.1, 0.15) is 0 Å². The third-order valence-corrected chi connectivity index (χ3v) is 2.73. The van der Waals surface area contributed by atoms with Gasteiger partial charge in [0, 0.05) is 10.9 Å². The fourth-order valence-electron chi connectivity index (χ4n) is 0.777. The van der Waals surface area contributed by atoms with Crippen molar-refractivity contribution in [1.29, 1.82) is 0 Å². The number of hydrogen-bond acceptors (Lipinski definition) is 2. The first-order chi connectivity index (χ1) is 4.87. The molecule has 0 spiro atoms. The number of alkyl halides is 1. The molecular weight excluding hydrogens is 230 g/mol. The highest BCUT2D eigenvalue weighted by Gasteiger charge is 2.15. The monoisotopic (exact) mass is 243 g/mol. The highest BCUT2D eigenvalue weighted by molar-refractivity contribution is 9.09. The van der Waals surface area contributed by atoms with Crippen molar-refractivity contribution in [2.45, 2.75) is 31.1 Å². The molecule has 2 unspecified atom stereocenters. The first-order valence-electron chi connectivity index (χ1n) is 3.48. The summed E-state index contributed by atoms with van der Waals surface area (Å²) in [6.45, 7) is 3.87. The van der Waals surface area contributed by atoms with E-state index in [-0.39, 0.29) is 10.9 Å². The van der Waals surface area contributed by atoms with Crippen LogP contribution in [0.4, 0.5) is 0 Å². The summed E-state index contributed by atoms with van der Waals surface area (Å²) in [7, 11) is -3.06. The molecule has 0 rings (SSSR count). The maximum Gasteiger partial charge on any atom is 0.208 e. The summed E-state index contributed by atoms with van der Waals surface area (Å²) in [5, 5.41) is 0. The molecule has 2 atom stereocenters. The smallest absolute Gasteiger partial charge is 0.208 e. The highest BCUT2D eigenvalue weighted by Crippen LogP contribution is 2.08. The zero-order chi connectivity index (χ0) is 9.07. The molecule has 3 nitrogen and oxygen atoms in total. The van der Waals surface area contributed by atoms with E-state index in [9.17, 15) is 8.42 Å². The van der Waals surface area contributed by atoms with Crippen LogP contribution in [0.5, 0.6) is 0 Å². The van der Waals surface area contributed by atoms with E-state index in [0.717, 1.165) is 6.42 Å². The number of hydrogen-bond donors (Lipinski definition) is 1. The number of sulfonamides is 1. The van der Waals surface area contributed by atoms with Crippen LogP contribution in [0.2, 0.25) is 0 Å². The average Bonchev–Trinajstić information content (AvgIpc) is 1.80. The van der Waals surface area contributed by atoms with E-state index < -0.39 is 10.0 Å². The van der Waals surface area contributed by atoms with Gasteiger partial charge < -0.3 is 0 Å². The normalized spacial score (nSPS) is 17.8. The minimum atomic E-state index is -3.06. The lowest BCUT2D eigenvalue weighted by atomic mass is 10.2. The molecule has 0 aliphatic rings. The molecule has 0 amide bonds. The van der Waals surface area contributed by atoms with Crippen LogP contribution in [0.25, 0.3) is 0 Å². The Morgan fingerprint density at radius 1 is 1.55 bits per heavy atom. The van der Waals surface area contributed by atoms with Crippen molar-refractivity contribution >= 4 is 26.0 Å². The third-order valence-electron chi connectivity index (χ3n) is 1.36. The summed E-state index contributed by atoms with van der Waals surface area (Å²) in [6, 6.07) is -0.00926. The Balaban J connectivity index is 4.10.